The van der Waals surface area contributed by atoms with Gasteiger partial charge in [0.2, 0.25) is 11.9 Å². The summed E-state index contributed by atoms with van der Waals surface area (Å²) < 4.78 is 21.5. The first-order chi connectivity index (χ1) is 18.2. The number of hydrogen-bond donors (Lipinski definition) is 4. The lowest BCUT2D eigenvalue weighted by atomic mass is 10.1. The Hall–Kier alpha value is -3.73. The molecule has 196 valence electrons. The molecule has 2 aromatic heterocycles. The number of H-pyrrole nitrogens is 1. The van der Waals surface area contributed by atoms with Crippen molar-refractivity contribution < 1.29 is 9.00 Å². The minimum Gasteiger partial charge on any atom is -0.360 e. The van der Waals surface area contributed by atoms with Crippen molar-refractivity contribution in [3.8, 4) is 11.3 Å². The Morgan fingerprint density at radius 1 is 1.24 bits per heavy atom. The van der Waals surface area contributed by atoms with Crippen LogP contribution in [0.15, 0.2) is 71.9 Å². The first kappa shape index (κ1) is 25.9. The molecular formula is C27H28ClN7O2S. The van der Waals surface area contributed by atoms with E-state index >= 15 is 0 Å². The summed E-state index contributed by atoms with van der Waals surface area (Å²) in [5.41, 5.74) is 3.24. The lowest BCUT2D eigenvalue weighted by molar-refractivity contribution is -0.111. The average Bonchev–Trinajstić information content (AvgIpc) is 3.66. The molecule has 1 aliphatic rings. The monoisotopic (exact) mass is 549 g/mol. The van der Waals surface area contributed by atoms with Crippen LogP contribution >= 0.6 is 11.6 Å². The summed E-state index contributed by atoms with van der Waals surface area (Å²) in [7, 11) is 0.859. The van der Waals surface area contributed by atoms with Gasteiger partial charge in [-0.1, -0.05) is 35.9 Å². The SMILES string of the molecule is CN(C)C/C=C/C(=O)Nc1cc(S(=N)(=O)C2CC2)ccc1Nc1ncc(Cl)c(-c2c[nH]c3ccccc23)n1. The smallest absolute Gasteiger partial charge is 0.248 e. The maximum absolute atomic E-state index is 13.1. The van der Waals surface area contributed by atoms with Crippen molar-refractivity contribution in [1.82, 2.24) is 19.9 Å². The van der Waals surface area contributed by atoms with Gasteiger partial charge in [-0.2, -0.15) is 0 Å². The van der Waals surface area contributed by atoms with Gasteiger partial charge in [-0.3, -0.25) is 4.79 Å². The number of nitrogens with zero attached hydrogens (tertiary/aromatic N) is 3. The number of benzene rings is 2. The maximum atomic E-state index is 13.1. The molecular weight excluding hydrogens is 522 g/mol. The molecule has 11 heteroatoms. The van der Waals surface area contributed by atoms with E-state index < -0.39 is 9.73 Å². The summed E-state index contributed by atoms with van der Waals surface area (Å²) in [5.74, 6) is -0.0682. The number of rotatable bonds is 9. The van der Waals surface area contributed by atoms with Crippen molar-refractivity contribution in [3.05, 3.63) is 72.0 Å². The lowest BCUT2D eigenvalue weighted by Crippen LogP contribution is -2.14. The number of carbonyl (C=O) groups excluding carboxylic acids is 1. The molecule has 1 atom stereocenters. The zero-order valence-corrected chi connectivity index (χ0v) is 22.6. The molecule has 1 aliphatic carbocycles. The van der Waals surface area contributed by atoms with E-state index in [1.807, 2.05) is 49.5 Å². The van der Waals surface area contributed by atoms with Gasteiger partial charge in [0.05, 0.1) is 38.0 Å². The van der Waals surface area contributed by atoms with Crippen molar-refractivity contribution in [1.29, 1.82) is 4.78 Å². The van der Waals surface area contributed by atoms with E-state index in [0.717, 1.165) is 29.3 Å². The van der Waals surface area contributed by atoms with Gasteiger partial charge in [0.15, 0.2) is 0 Å². The molecule has 1 saturated carbocycles. The van der Waals surface area contributed by atoms with E-state index in [2.05, 4.69) is 25.6 Å². The van der Waals surface area contributed by atoms with Crippen LogP contribution in [0.2, 0.25) is 5.02 Å². The van der Waals surface area contributed by atoms with E-state index in [9.17, 15) is 9.00 Å². The van der Waals surface area contributed by atoms with Gasteiger partial charge in [0.1, 0.15) is 0 Å². The molecule has 2 heterocycles. The topological polar surface area (TPSA) is 127 Å². The van der Waals surface area contributed by atoms with Crippen molar-refractivity contribution in [2.24, 2.45) is 0 Å². The zero-order valence-electron chi connectivity index (χ0n) is 21.0. The van der Waals surface area contributed by atoms with E-state index in [1.165, 1.54) is 12.3 Å². The molecule has 1 amide bonds. The second-order valence-corrected chi connectivity index (χ2v) is 12.2. The predicted molar refractivity (Wildman–Crippen MR) is 153 cm³/mol. The third kappa shape index (κ3) is 5.57. The van der Waals surface area contributed by atoms with Gasteiger partial charge in [-0.25, -0.2) is 19.0 Å². The highest BCUT2D eigenvalue weighted by atomic mass is 35.5. The van der Waals surface area contributed by atoms with Gasteiger partial charge in [0, 0.05) is 45.4 Å². The summed E-state index contributed by atoms with van der Waals surface area (Å²) in [6.45, 7) is 0.607. The van der Waals surface area contributed by atoms with Gasteiger partial charge in [-0.05, 0) is 51.2 Å². The summed E-state index contributed by atoms with van der Waals surface area (Å²) >= 11 is 6.48. The van der Waals surface area contributed by atoms with Crippen LogP contribution in [0.5, 0.6) is 0 Å². The molecule has 2 aromatic carbocycles. The number of fused-ring (bicyclic) bond motifs is 1. The average molecular weight is 550 g/mol. The molecule has 4 aromatic rings. The standard InChI is InChI=1S/C27H28ClN7O2S/c1-35(2)13-5-8-25(36)32-24-14-18(38(29,37)17-9-10-17)11-12-23(24)33-27-31-16-21(28)26(34-27)20-15-30-22-7-4-3-6-19(20)22/h3-8,11-12,14-17,29-30H,9-10,13H2,1-2H3,(H,32,36)(H,31,33,34)/b8-5+. The van der Waals surface area contributed by atoms with Crippen LogP contribution in [0.4, 0.5) is 17.3 Å². The van der Waals surface area contributed by atoms with Crippen LogP contribution < -0.4 is 10.6 Å². The molecule has 0 saturated heterocycles. The van der Waals surface area contributed by atoms with Crippen LogP contribution in [0.3, 0.4) is 0 Å². The number of anilines is 3. The van der Waals surface area contributed by atoms with E-state index in [-0.39, 0.29) is 17.1 Å². The number of nitrogens with one attached hydrogen (secondary N) is 4. The molecule has 0 spiro atoms. The van der Waals surface area contributed by atoms with E-state index in [0.29, 0.717) is 33.5 Å². The minimum absolute atomic E-state index is 0.150. The number of para-hydroxylation sites is 1. The lowest BCUT2D eigenvalue weighted by Gasteiger charge is -2.15. The molecule has 0 aliphatic heterocycles. The summed E-state index contributed by atoms with van der Waals surface area (Å²) in [5, 5.41) is 7.24. The fourth-order valence-electron chi connectivity index (χ4n) is 4.07. The molecule has 9 nitrogen and oxygen atoms in total. The van der Waals surface area contributed by atoms with E-state index in [4.69, 9.17) is 16.4 Å². The molecule has 4 N–H and O–H groups in total. The number of amides is 1. The number of likely N-dealkylation sites (N-methyl/N-ethyl adjacent to an activating group) is 1. The molecule has 1 fully saturated rings. The zero-order chi connectivity index (χ0) is 26.9. The second kappa shape index (κ2) is 10.6. The Labute approximate surface area is 226 Å². The first-order valence-electron chi connectivity index (χ1n) is 12.1. The third-order valence-corrected chi connectivity index (χ3v) is 8.81. The highest BCUT2D eigenvalue weighted by Crippen LogP contribution is 2.37. The summed E-state index contributed by atoms with van der Waals surface area (Å²) in [6.07, 6.45) is 8.11. The Balaban J connectivity index is 1.48. The van der Waals surface area contributed by atoms with Crippen molar-refractivity contribution in [2.45, 2.75) is 23.0 Å². The summed E-state index contributed by atoms with van der Waals surface area (Å²) in [4.78, 5) is 27.2. The number of halogens is 1. The number of aromatic nitrogens is 3. The number of aromatic amines is 1. The normalized spacial score (nSPS) is 15.2. The van der Waals surface area contributed by atoms with Gasteiger partial charge >= 0.3 is 0 Å². The fraction of sp³-hybridized carbons (Fsp3) is 0.222. The molecule has 5 rings (SSSR count). The number of carbonyl (C=O) groups is 1. The quantitative estimate of drug-likeness (QED) is 0.200. The van der Waals surface area contributed by atoms with Crippen LogP contribution in [0.1, 0.15) is 12.8 Å². The first-order valence-corrected chi connectivity index (χ1v) is 14.1. The highest BCUT2D eigenvalue weighted by molar-refractivity contribution is 7.93. The van der Waals surface area contributed by atoms with Crippen LogP contribution in [-0.4, -0.2) is 55.9 Å². The van der Waals surface area contributed by atoms with Crippen LogP contribution in [0, 0.1) is 4.78 Å². The summed E-state index contributed by atoms with van der Waals surface area (Å²) in [6, 6.07) is 12.8. The minimum atomic E-state index is -2.96. The Morgan fingerprint density at radius 3 is 2.79 bits per heavy atom. The number of hydrogen-bond acceptors (Lipinski definition) is 7. The Kier molecular flexibility index (Phi) is 7.20. The molecule has 0 radical (unpaired) electrons. The van der Waals surface area contributed by atoms with Crippen molar-refractivity contribution in [2.75, 3.05) is 31.3 Å². The Bertz CT molecular complexity index is 1640. The van der Waals surface area contributed by atoms with Gasteiger partial charge in [-0.15, -0.1) is 0 Å². The molecule has 38 heavy (non-hydrogen) atoms. The van der Waals surface area contributed by atoms with Gasteiger partial charge in [0.25, 0.3) is 0 Å². The van der Waals surface area contributed by atoms with Gasteiger partial charge < -0.3 is 20.5 Å². The van der Waals surface area contributed by atoms with E-state index in [1.54, 1.807) is 24.3 Å². The second-order valence-electron chi connectivity index (χ2n) is 9.42. The third-order valence-electron chi connectivity index (χ3n) is 6.17. The van der Waals surface area contributed by atoms with Crippen LogP contribution in [-0.2, 0) is 14.5 Å². The Morgan fingerprint density at radius 2 is 2.03 bits per heavy atom. The predicted octanol–water partition coefficient (Wildman–Crippen LogP) is 5.65. The largest absolute Gasteiger partial charge is 0.360 e. The maximum Gasteiger partial charge on any atom is 0.248 e. The molecule has 0 bridgehead atoms. The molecule has 1 unspecified atom stereocenters. The highest BCUT2D eigenvalue weighted by Gasteiger charge is 2.34. The van der Waals surface area contributed by atoms with Crippen molar-refractivity contribution >= 4 is 55.5 Å². The fourth-order valence-corrected chi connectivity index (χ4v) is 6.01. The van der Waals surface area contributed by atoms with Crippen LogP contribution in [0.25, 0.3) is 22.2 Å². The van der Waals surface area contributed by atoms with Crippen molar-refractivity contribution in [3.63, 3.8) is 0 Å².